The highest BCUT2D eigenvalue weighted by Gasteiger charge is 2.08. The van der Waals surface area contributed by atoms with Crippen LogP contribution in [-0.4, -0.2) is 22.5 Å². The Labute approximate surface area is 115 Å². The topological polar surface area (TPSA) is 88.2 Å². The Balaban J connectivity index is 2.29. The first-order valence-electron chi connectivity index (χ1n) is 5.54. The molecule has 1 aromatic carbocycles. The van der Waals surface area contributed by atoms with Crippen LogP contribution in [0.5, 0.6) is 5.75 Å². The van der Waals surface area contributed by atoms with Crippen LogP contribution in [0.3, 0.4) is 0 Å². The third-order valence-corrected chi connectivity index (χ3v) is 2.81. The summed E-state index contributed by atoms with van der Waals surface area (Å²) in [5, 5.41) is 13.0. The number of amides is 1. The number of hydrogen-bond donors (Lipinski definition) is 3. The molecular formula is C13H12ClN3O2. The molecule has 0 saturated heterocycles. The molecule has 5 nitrogen and oxygen atoms in total. The first kappa shape index (κ1) is 13.2. The number of pyridine rings is 1. The summed E-state index contributed by atoms with van der Waals surface area (Å²) < 4.78 is 0. The number of carbonyl (C=O) groups excluding carboxylic acids is 1. The fourth-order valence-corrected chi connectivity index (χ4v) is 1.85. The molecular weight excluding hydrogens is 266 g/mol. The zero-order valence-electron chi connectivity index (χ0n) is 9.93. The van der Waals surface area contributed by atoms with E-state index in [1.807, 2.05) is 18.2 Å². The molecule has 0 aliphatic carbocycles. The highest BCUT2D eigenvalue weighted by atomic mass is 35.5. The number of nitrogens with one attached hydrogen (secondary N) is 1. The summed E-state index contributed by atoms with van der Waals surface area (Å²) in [5.41, 5.74) is 6.46. The Morgan fingerprint density at radius 1 is 1.42 bits per heavy atom. The number of aromatic hydroxyl groups is 1. The molecule has 0 spiro atoms. The molecule has 2 aromatic rings. The van der Waals surface area contributed by atoms with Crippen molar-refractivity contribution in [2.75, 3.05) is 11.9 Å². The van der Waals surface area contributed by atoms with Gasteiger partial charge < -0.3 is 16.2 Å². The summed E-state index contributed by atoms with van der Waals surface area (Å²) >= 11 is 6.07. The molecule has 19 heavy (non-hydrogen) atoms. The highest BCUT2D eigenvalue weighted by Crippen LogP contribution is 2.31. The van der Waals surface area contributed by atoms with Crippen LogP contribution in [0.4, 0.5) is 5.82 Å². The quantitative estimate of drug-likeness (QED) is 0.797. The third-order valence-electron chi connectivity index (χ3n) is 2.48. The van der Waals surface area contributed by atoms with Crippen molar-refractivity contribution < 1.29 is 9.90 Å². The number of anilines is 1. The van der Waals surface area contributed by atoms with Gasteiger partial charge in [-0.3, -0.25) is 4.79 Å². The minimum atomic E-state index is -0.531. The number of halogens is 1. The number of carbonyl (C=O) groups is 1. The summed E-state index contributed by atoms with van der Waals surface area (Å²) in [5.74, 6) is -0.398. The lowest BCUT2D eigenvalue weighted by atomic mass is 10.1. The highest BCUT2D eigenvalue weighted by molar-refractivity contribution is 6.33. The minimum Gasteiger partial charge on any atom is -0.504 e. The predicted octanol–water partition coefficient (Wildman–Crippen LogP) is 2.00. The number of nitrogens with zero attached hydrogens (tertiary/aromatic N) is 1. The zero-order valence-corrected chi connectivity index (χ0v) is 10.7. The van der Waals surface area contributed by atoms with Crippen molar-refractivity contribution in [3.05, 3.63) is 41.6 Å². The van der Waals surface area contributed by atoms with E-state index in [9.17, 15) is 9.90 Å². The van der Waals surface area contributed by atoms with E-state index in [0.717, 1.165) is 5.56 Å². The van der Waals surface area contributed by atoms with Crippen LogP contribution >= 0.6 is 11.6 Å². The first-order valence-corrected chi connectivity index (χ1v) is 5.92. The van der Waals surface area contributed by atoms with Gasteiger partial charge in [-0.15, -0.1) is 0 Å². The van der Waals surface area contributed by atoms with Gasteiger partial charge in [0.05, 0.1) is 6.54 Å². The van der Waals surface area contributed by atoms with E-state index in [2.05, 4.69) is 10.3 Å². The summed E-state index contributed by atoms with van der Waals surface area (Å²) in [6, 6.07) is 8.78. The van der Waals surface area contributed by atoms with Gasteiger partial charge in [-0.25, -0.2) is 4.98 Å². The Hall–Kier alpha value is -2.27. The van der Waals surface area contributed by atoms with Gasteiger partial charge in [0.25, 0.3) is 0 Å². The maximum Gasteiger partial charge on any atom is 0.236 e. The average Bonchev–Trinajstić information content (AvgIpc) is 2.37. The van der Waals surface area contributed by atoms with E-state index in [4.69, 9.17) is 17.3 Å². The van der Waals surface area contributed by atoms with Crippen LogP contribution in [0.15, 0.2) is 36.5 Å². The molecule has 6 heteroatoms. The summed E-state index contributed by atoms with van der Waals surface area (Å²) in [7, 11) is 0. The molecule has 1 aromatic heterocycles. The molecule has 1 amide bonds. The van der Waals surface area contributed by atoms with Crippen LogP contribution in [0.25, 0.3) is 11.1 Å². The van der Waals surface area contributed by atoms with Crippen molar-refractivity contribution in [2.45, 2.75) is 0 Å². The Bertz CT molecular complexity index is 617. The molecule has 0 fully saturated rings. The van der Waals surface area contributed by atoms with Crippen molar-refractivity contribution in [3.63, 3.8) is 0 Å². The van der Waals surface area contributed by atoms with E-state index in [-0.39, 0.29) is 18.1 Å². The van der Waals surface area contributed by atoms with Crippen LogP contribution in [-0.2, 0) is 4.79 Å². The van der Waals surface area contributed by atoms with Gasteiger partial charge in [0, 0.05) is 22.3 Å². The lowest BCUT2D eigenvalue weighted by Gasteiger charge is -2.08. The van der Waals surface area contributed by atoms with Gasteiger partial charge in [0.15, 0.2) is 11.6 Å². The maximum absolute atomic E-state index is 10.6. The number of hydrogen-bond acceptors (Lipinski definition) is 4. The fourth-order valence-electron chi connectivity index (χ4n) is 1.60. The number of primary amides is 1. The SMILES string of the molecule is NC(=O)CNc1ncc(-c2ccccc2Cl)cc1O. The van der Waals surface area contributed by atoms with Gasteiger partial charge in [-0.1, -0.05) is 29.8 Å². The smallest absolute Gasteiger partial charge is 0.236 e. The summed E-state index contributed by atoms with van der Waals surface area (Å²) in [6.07, 6.45) is 1.56. The second-order valence-electron chi connectivity index (χ2n) is 3.89. The predicted molar refractivity (Wildman–Crippen MR) is 74.0 cm³/mol. The minimum absolute atomic E-state index is 0.0707. The molecule has 0 aliphatic heterocycles. The second-order valence-corrected chi connectivity index (χ2v) is 4.30. The van der Waals surface area contributed by atoms with E-state index in [1.165, 1.54) is 6.07 Å². The second kappa shape index (κ2) is 5.58. The van der Waals surface area contributed by atoms with E-state index >= 15 is 0 Å². The van der Waals surface area contributed by atoms with Crippen molar-refractivity contribution in [3.8, 4) is 16.9 Å². The molecule has 2 rings (SSSR count). The molecule has 1 heterocycles. The standard InChI is InChI=1S/C13H12ClN3O2/c14-10-4-2-1-3-9(10)8-5-11(18)13(16-6-8)17-7-12(15)19/h1-6,18H,7H2,(H2,15,19)(H,16,17). The molecule has 4 N–H and O–H groups in total. The number of aromatic nitrogens is 1. The Kier molecular flexibility index (Phi) is 3.87. The van der Waals surface area contributed by atoms with Gasteiger partial charge in [0.2, 0.25) is 5.91 Å². The van der Waals surface area contributed by atoms with Crippen molar-refractivity contribution in [1.82, 2.24) is 4.98 Å². The molecule has 0 aliphatic rings. The lowest BCUT2D eigenvalue weighted by molar-refractivity contribution is -0.116. The fraction of sp³-hybridized carbons (Fsp3) is 0.0769. The molecule has 0 bridgehead atoms. The van der Waals surface area contributed by atoms with Gasteiger partial charge in [0.1, 0.15) is 0 Å². The van der Waals surface area contributed by atoms with E-state index in [0.29, 0.717) is 10.6 Å². The van der Waals surface area contributed by atoms with Crippen LogP contribution < -0.4 is 11.1 Å². The first-order chi connectivity index (χ1) is 9.08. The molecule has 0 unspecified atom stereocenters. The molecule has 0 saturated carbocycles. The number of nitrogens with two attached hydrogens (primary N) is 1. The monoisotopic (exact) mass is 277 g/mol. The van der Waals surface area contributed by atoms with E-state index < -0.39 is 5.91 Å². The van der Waals surface area contributed by atoms with Crippen LogP contribution in [0, 0.1) is 0 Å². The number of benzene rings is 1. The van der Waals surface area contributed by atoms with Gasteiger partial charge >= 0.3 is 0 Å². The summed E-state index contributed by atoms with van der Waals surface area (Å²) in [4.78, 5) is 14.7. The van der Waals surface area contributed by atoms with Crippen LogP contribution in [0.2, 0.25) is 5.02 Å². The van der Waals surface area contributed by atoms with Gasteiger partial charge in [-0.05, 0) is 12.1 Å². The lowest BCUT2D eigenvalue weighted by Crippen LogP contribution is -2.22. The van der Waals surface area contributed by atoms with Crippen molar-refractivity contribution >= 4 is 23.3 Å². The van der Waals surface area contributed by atoms with Crippen molar-refractivity contribution in [1.29, 1.82) is 0 Å². The largest absolute Gasteiger partial charge is 0.504 e. The zero-order chi connectivity index (χ0) is 13.8. The third kappa shape index (κ3) is 3.14. The maximum atomic E-state index is 10.6. The van der Waals surface area contributed by atoms with Crippen LogP contribution in [0.1, 0.15) is 0 Å². The average molecular weight is 278 g/mol. The number of rotatable bonds is 4. The summed E-state index contributed by atoms with van der Waals surface area (Å²) in [6.45, 7) is -0.0913. The molecule has 98 valence electrons. The normalized spacial score (nSPS) is 10.2. The Morgan fingerprint density at radius 2 is 2.16 bits per heavy atom. The van der Waals surface area contributed by atoms with E-state index in [1.54, 1.807) is 12.3 Å². The molecule has 0 radical (unpaired) electrons. The molecule has 0 atom stereocenters. The van der Waals surface area contributed by atoms with Crippen molar-refractivity contribution in [2.24, 2.45) is 5.73 Å². The Morgan fingerprint density at radius 3 is 2.79 bits per heavy atom. The van der Waals surface area contributed by atoms with Gasteiger partial charge in [-0.2, -0.15) is 0 Å².